The van der Waals surface area contributed by atoms with Crippen molar-refractivity contribution in [3.05, 3.63) is 42.2 Å². The Labute approximate surface area is 94.9 Å². The molecule has 5 heteroatoms. The highest BCUT2D eigenvalue weighted by atomic mass is 35.5. The van der Waals surface area contributed by atoms with Gasteiger partial charge in [0.15, 0.2) is 0 Å². The Morgan fingerprint density at radius 2 is 2.06 bits per heavy atom. The van der Waals surface area contributed by atoms with E-state index in [1.807, 2.05) is 0 Å². The smallest absolute Gasteiger partial charge is 0.286 e. The molecular weight excluding hydrogens is 236 g/mol. The summed E-state index contributed by atoms with van der Waals surface area (Å²) in [6.45, 7) is 0. The summed E-state index contributed by atoms with van der Waals surface area (Å²) in [5, 5.41) is -2.85. The van der Waals surface area contributed by atoms with Crippen LogP contribution >= 0.6 is 11.6 Å². The van der Waals surface area contributed by atoms with Gasteiger partial charge in [0.2, 0.25) is 5.78 Å². The van der Waals surface area contributed by atoms with Crippen LogP contribution in [0.25, 0.3) is 10.8 Å². The van der Waals surface area contributed by atoms with E-state index in [2.05, 4.69) is 4.98 Å². The molecule has 0 aliphatic carbocycles. The fraction of sp³-hybridized carbons (Fsp3) is 0.0909. The van der Waals surface area contributed by atoms with Gasteiger partial charge in [-0.15, -0.1) is 0 Å². The van der Waals surface area contributed by atoms with Crippen molar-refractivity contribution in [2.45, 2.75) is 5.38 Å². The number of hydrogen-bond acceptors (Lipinski definition) is 2. The maximum Gasteiger partial charge on any atom is 0.384 e. The van der Waals surface area contributed by atoms with E-state index in [-0.39, 0.29) is 5.56 Å². The first kappa shape index (κ1) is 11.0. The Balaban J connectivity index is 2.66. The lowest BCUT2D eigenvalue weighted by Crippen LogP contribution is -2.21. The molecule has 1 aromatic carbocycles. The first-order valence-corrected chi connectivity index (χ1v) is 4.82. The molecule has 0 aliphatic heterocycles. The van der Waals surface area contributed by atoms with Gasteiger partial charge in [0, 0.05) is 23.3 Å². The maximum atomic E-state index is 12.7. The molecule has 0 unspecified atom stereocenters. The third-order valence-electron chi connectivity index (χ3n) is 2.19. The second-order valence-corrected chi connectivity index (χ2v) is 3.70. The van der Waals surface area contributed by atoms with Crippen molar-refractivity contribution in [1.82, 2.24) is 4.98 Å². The highest BCUT2D eigenvalue weighted by Crippen LogP contribution is 2.28. The van der Waals surface area contributed by atoms with Gasteiger partial charge < -0.3 is 0 Å². The zero-order valence-electron chi connectivity index (χ0n) is 7.95. The molecule has 0 fully saturated rings. The molecule has 0 aliphatic rings. The minimum atomic E-state index is -3.88. The summed E-state index contributed by atoms with van der Waals surface area (Å²) < 4.78 is 25.4. The Kier molecular flexibility index (Phi) is 2.59. The predicted molar refractivity (Wildman–Crippen MR) is 56.9 cm³/mol. The molecule has 0 bridgehead atoms. The zero-order valence-corrected chi connectivity index (χ0v) is 8.71. The molecule has 0 saturated carbocycles. The number of halogens is 3. The number of carbonyl (C=O) groups excluding carboxylic acids is 1. The third-order valence-corrected chi connectivity index (χ3v) is 2.36. The van der Waals surface area contributed by atoms with Crippen molar-refractivity contribution in [2.24, 2.45) is 0 Å². The number of carbonyl (C=O) groups is 1. The SMILES string of the molecule is O=C(c1cccc2ccncc12)C(F)(F)Cl. The first-order chi connectivity index (χ1) is 7.50. The lowest BCUT2D eigenvalue weighted by Gasteiger charge is -2.08. The number of Topliss-reactive ketones (excluding diaryl/α,β-unsaturated/α-hetero) is 1. The molecule has 0 atom stereocenters. The van der Waals surface area contributed by atoms with Gasteiger partial charge in [-0.1, -0.05) is 18.2 Å². The fourth-order valence-corrected chi connectivity index (χ4v) is 1.57. The molecule has 0 saturated heterocycles. The van der Waals surface area contributed by atoms with Crippen molar-refractivity contribution in [3.8, 4) is 0 Å². The summed E-state index contributed by atoms with van der Waals surface area (Å²) in [6.07, 6.45) is 2.89. The topological polar surface area (TPSA) is 30.0 Å². The monoisotopic (exact) mass is 241 g/mol. The van der Waals surface area contributed by atoms with Crippen molar-refractivity contribution in [3.63, 3.8) is 0 Å². The number of rotatable bonds is 2. The largest absolute Gasteiger partial charge is 0.384 e. The summed E-state index contributed by atoms with van der Waals surface area (Å²) in [5.41, 5.74) is -0.120. The van der Waals surface area contributed by atoms with Crippen LogP contribution in [0.1, 0.15) is 10.4 Å². The lowest BCUT2D eigenvalue weighted by molar-refractivity contribution is 0.0538. The van der Waals surface area contributed by atoms with E-state index in [9.17, 15) is 13.6 Å². The molecule has 1 aromatic heterocycles. The Morgan fingerprint density at radius 1 is 1.31 bits per heavy atom. The lowest BCUT2D eigenvalue weighted by atomic mass is 10.0. The summed E-state index contributed by atoms with van der Waals surface area (Å²) in [6, 6.07) is 6.18. The normalized spacial score (nSPS) is 11.7. The predicted octanol–water partition coefficient (Wildman–Crippen LogP) is 3.25. The standard InChI is InChI=1S/C11H6ClF2NO/c12-11(13,14)10(16)8-3-1-2-7-4-5-15-6-9(7)8/h1-6H. The number of fused-ring (bicyclic) bond motifs is 1. The maximum absolute atomic E-state index is 12.7. The van der Waals surface area contributed by atoms with Gasteiger partial charge in [0.25, 0.3) is 0 Å². The number of benzene rings is 1. The Bertz CT molecular complexity index is 546. The van der Waals surface area contributed by atoms with Gasteiger partial charge in [-0.05, 0) is 23.1 Å². The van der Waals surface area contributed by atoms with Crippen LogP contribution in [0.2, 0.25) is 0 Å². The summed E-state index contributed by atoms with van der Waals surface area (Å²) in [7, 11) is 0. The number of ketones is 1. The number of pyridine rings is 1. The molecule has 16 heavy (non-hydrogen) atoms. The van der Waals surface area contributed by atoms with Crippen LogP contribution in [0.5, 0.6) is 0 Å². The molecule has 0 radical (unpaired) electrons. The van der Waals surface area contributed by atoms with E-state index in [0.29, 0.717) is 10.8 Å². The second kappa shape index (κ2) is 3.79. The molecular formula is C11H6ClF2NO. The van der Waals surface area contributed by atoms with E-state index in [4.69, 9.17) is 11.6 Å². The second-order valence-electron chi connectivity index (χ2n) is 3.23. The van der Waals surface area contributed by atoms with Crippen molar-refractivity contribution in [2.75, 3.05) is 0 Å². The molecule has 2 rings (SSSR count). The van der Waals surface area contributed by atoms with Crippen molar-refractivity contribution < 1.29 is 13.6 Å². The highest BCUT2D eigenvalue weighted by Gasteiger charge is 2.37. The Hall–Kier alpha value is -1.55. The highest BCUT2D eigenvalue weighted by molar-refractivity contribution is 6.36. The van der Waals surface area contributed by atoms with E-state index < -0.39 is 11.2 Å². The van der Waals surface area contributed by atoms with Crippen LogP contribution in [-0.2, 0) is 0 Å². The fourth-order valence-electron chi connectivity index (χ4n) is 1.46. The quantitative estimate of drug-likeness (QED) is 0.597. The molecule has 1 heterocycles. The number of nitrogens with zero attached hydrogens (tertiary/aromatic N) is 1. The van der Waals surface area contributed by atoms with Gasteiger partial charge in [0.1, 0.15) is 0 Å². The van der Waals surface area contributed by atoms with Crippen molar-refractivity contribution >= 4 is 28.2 Å². The zero-order chi connectivity index (χ0) is 11.8. The van der Waals surface area contributed by atoms with Gasteiger partial charge >= 0.3 is 5.38 Å². The van der Waals surface area contributed by atoms with Crippen LogP contribution < -0.4 is 0 Å². The van der Waals surface area contributed by atoms with Crippen LogP contribution in [0.3, 0.4) is 0 Å². The van der Waals surface area contributed by atoms with Crippen LogP contribution in [0.4, 0.5) is 8.78 Å². The van der Waals surface area contributed by atoms with Gasteiger partial charge in [-0.2, -0.15) is 8.78 Å². The average molecular weight is 242 g/mol. The van der Waals surface area contributed by atoms with Crippen molar-refractivity contribution in [1.29, 1.82) is 0 Å². The van der Waals surface area contributed by atoms with E-state index in [1.165, 1.54) is 24.5 Å². The number of alkyl halides is 3. The number of aromatic nitrogens is 1. The van der Waals surface area contributed by atoms with Crippen LogP contribution in [0.15, 0.2) is 36.7 Å². The van der Waals surface area contributed by atoms with Gasteiger partial charge in [0.05, 0.1) is 0 Å². The third kappa shape index (κ3) is 1.88. The summed E-state index contributed by atoms with van der Waals surface area (Å²) in [4.78, 5) is 15.2. The molecule has 82 valence electrons. The molecule has 0 amide bonds. The first-order valence-electron chi connectivity index (χ1n) is 4.44. The average Bonchev–Trinajstić information content (AvgIpc) is 2.26. The van der Waals surface area contributed by atoms with Gasteiger partial charge in [-0.25, -0.2) is 0 Å². The Morgan fingerprint density at radius 3 is 2.75 bits per heavy atom. The van der Waals surface area contributed by atoms with Crippen LogP contribution in [-0.4, -0.2) is 16.1 Å². The summed E-state index contributed by atoms with van der Waals surface area (Å²) in [5.74, 6) is -1.41. The van der Waals surface area contributed by atoms with Crippen LogP contribution in [0, 0.1) is 0 Å². The van der Waals surface area contributed by atoms with Gasteiger partial charge in [-0.3, -0.25) is 9.78 Å². The number of hydrogen-bond donors (Lipinski definition) is 0. The van der Waals surface area contributed by atoms with E-state index >= 15 is 0 Å². The van der Waals surface area contributed by atoms with E-state index in [1.54, 1.807) is 12.1 Å². The molecule has 2 nitrogen and oxygen atoms in total. The molecule has 0 N–H and O–H groups in total. The molecule has 2 aromatic rings. The minimum absolute atomic E-state index is 0.120. The molecule has 0 spiro atoms. The summed E-state index contributed by atoms with van der Waals surface area (Å²) >= 11 is 4.72. The van der Waals surface area contributed by atoms with E-state index in [0.717, 1.165) is 0 Å². The minimum Gasteiger partial charge on any atom is -0.286 e.